The average Bonchev–Trinajstić information content (AvgIpc) is 3.14. The topological polar surface area (TPSA) is 71.0 Å². The van der Waals surface area contributed by atoms with Crippen LogP contribution in [0.4, 0.5) is 5.95 Å². The molecule has 1 atom stereocenters. The van der Waals surface area contributed by atoms with Crippen LogP contribution in [0.25, 0.3) is 0 Å². The number of aryl methyl sites for hydroxylation is 1. The highest BCUT2D eigenvalue weighted by Gasteiger charge is 2.27. The fraction of sp³-hybridized carbons (Fsp3) is 0.429. The summed E-state index contributed by atoms with van der Waals surface area (Å²) in [6.07, 6.45) is 5.63. The summed E-state index contributed by atoms with van der Waals surface area (Å²) in [7, 11) is 0. The van der Waals surface area contributed by atoms with E-state index in [2.05, 4.69) is 25.2 Å². The number of hydrogen-bond donors (Lipinski definition) is 1. The van der Waals surface area contributed by atoms with Crippen LogP contribution in [-0.4, -0.2) is 40.0 Å². The van der Waals surface area contributed by atoms with Crippen LogP contribution < -0.4 is 10.2 Å². The van der Waals surface area contributed by atoms with Crippen LogP contribution in [-0.2, 0) is 0 Å². The third kappa shape index (κ3) is 3.02. The molecule has 0 aromatic carbocycles. The van der Waals surface area contributed by atoms with Crippen molar-refractivity contribution in [3.63, 3.8) is 0 Å². The predicted octanol–water partition coefficient (Wildman–Crippen LogP) is 1.64. The van der Waals surface area contributed by atoms with E-state index in [-0.39, 0.29) is 11.9 Å². The Morgan fingerprint density at radius 3 is 2.95 bits per heavy atom. The number of anilines is 1. The van der Waals surface area contributed by atoms with Crippen LogP contribution >= 0.6 is 11.3 Å². The number of thiazole rings is 1. The third-order valence-corrected chi connectivity index (χ3v) is 4.56. The van der Waals surface area contributed by atoms with Gasteiger partial charge in [-0.05, 0) is 25.8 Å². The van der Waals surface area contributed by atoms with Crippen LogP contribution in [0.3, 0.4) is 0 Å². The van der Waals surface area contributed by atoms with Crippen molar-refractivity contribution in [2.24, 2.45) is 0 Å². The molecule has 0 radical (unpaired) electrons. The summed E-state index contributed by atoms with van der Waals surface area (Å²) in [5.41, 5.74) is 2.48. The molecule has 7 heteroatoms. The van der Waals surface area contributed by atoms with Crippen molar-refractivity contribution in [1.29, 1.82) is 0 Å². The van der Waals surface area contributed by atoms with Crippen LogP contribution in [0.2, 0.25) is 0 Å². The molecule has 1 aliphatic rings. The zero-order valence-electron chi connectivity index (χ0n) is 11.8. The van der Waals surface area contributed by atoms with E-state index < -0.39 is 0 Å². The van der Waals surface area contributed by atoms with Crippen molar-refractivity contribution >= 4 is 23.2 Å². The van der Waals surface area contributed by atoms with Crippen molar-refractivity contribution in [1.82, 2.24) is 20.3 Å². The largest absolute Gasteiger partial charge is 0.349 e. The van der Waals surface area contributed by atoms with Gasteiger partial charge in [-0.25, -0.2) is 15.0 Å². The first-order valence-electron chi connectivity index (χ1n) is 6.97. The lowest BCUT2D eigenvalue weighted by molar-refractivity contribution is 0.0954. The summed E-state index contributed by atoms with van der Waals surface area (Å²) in [5.74, 6) is 0.694. The Hall–Kier alpha value is -2.02. The fourth-order valence-electron chi connectivity index (χ4n) is 2.56. The van der Waals surface area contributed by atoms with Gasteiger partial charge in [0.05, 0.1) is 11.2 Å². The molecule has 3 heterocycles. The Morgan fingerprint density at radius 1 is 1.43 bits per heavy atom. The zero-order valence-corrected chi connectivity index (χ0v) is 12.6. The van der Waals surface area contributed by atoms with E-state index in [9.17, 15) is 4.79 Å². The first-order valence-corrected chi connectivity index (χ1v) is 7.85. The molecule has 1 aliphatic heterocycles. The molecule has 1 saturated heterocycles. The van der Waals surface area contributed by atoms with Gasteiger partial charge in [0.15, 0.2) is 0 Å². The molecule has 21 heavy (non-hydrogen) atoms. The number of amides is 1. The van der Waals surface area contributed by atoms with E-state index in [1.165, 1.54) is 11.3 Å². The van der Waals surface area contributed by atoms with Crippen LogP contribution in [0.5, 0.6) is 0 Å². The summed E-state index contributed by atoms with van der Waals surface area (Å²) >= 11 is 1.38. The highest BCUT2D eigenvalue weighted by Crippen LogP contribution is 2.21. The van der Waals surface area contributed by atoms with Gasteiger partial charge in [-0.1, -0.05) is 0 Å². The summed E-state index contributed by atoms with van der Waals surface area (Å²) < 4.78 is 0. The number of carbonyl (C=O) groups excluding carboxylic acids is 1. The minimum atomic E-state index is -0.0455. The lowest BCUT2D eigenvalue weighted by Crippen LogP contribution is -2.40. The van der Waals surface area contributed by atoms with E-state index >= 15 is 0 Å². The Balaban J connectivity index is 1.62. The smallest absolute Gasteiger partial charge is 0.263 e. The summed E-state index contributed by atoms with van der Waals surface area (Å²) in [6.45, 7) is 3.39. The first kappa shape index (κ1) is 13.9. The lowest BCUT2D eigenvalue weighted by atomic mass is 10.2. The maximum atomic E-state index is 12.1. The average molecular weight is 303 g/mol. The molecule has 6 nitrogen and oxygen atoms in total. The van der Waals surface area contributed by atoms with Gasteiger partial charge in [-0.3, -0.25) is 4.79 Å². The monoisotopic (exact) mass is 303 g/mol. The summed E-state index contributed by atoms with van der Waals surface area (Å²) in [4.78, 5) is 27.7. The van der Waals surface area contributed by atoms with Crippen LogP contribution in [0.15, 0.2) is 24.0 Å². The Morgan fingerprint density at radius 2 is 2.24 bits per heavy atom. The molecule has 0 aliphatic carbocycles. The predicted molar refractivity (Wildman–Crippen MR) is 81.6 cm³/mol. The quantitative estimate of drug-likeness (QED) is 0.929. The van der Waals surface area contributed by atoms with Gasteiger partial charge in [0.25, 0.3) is 5.91 Å². The van der Waals surface area contributed by atoms with Crippen molar-refractivity contribution in [2.75, 3.05) is 18.0 Å². The second-order valence-corrected chi connectivity index (χ2v) is 5.87. The van der Waals surface area contributed by atoms with Gasteiger partial charge in [0.2, 0.25) is 5.95 Å². The maximum Gasteiger partial charge on any atom is 0.263 e. The molecule has 1 N–H and O–H groups in total. The normalized spacial score (nSPS) is 18.0. The van der Waals surface area contributed by atoms with E-state index in [4.69, 9.17) is 0 Å². The van der Waals surface area contributed by atoms with Crippen LogP contribution in [0.1, 0.15) is 28.2 Å². The molecule has 0 spiro atoms. The Bertz CT molecular complexity index is 615. The molecule has 0 bridgehead atoms. The van der Waals surface area contributed by atoms with Gasteiger partial charge < -0.3 is 10.2 Å². The van der Waals surface area contributed by atoms with E-state index in [0.717, 1.165) is 31.0 Å². The summed E-state index contributed by atoms with van der Waals surface area (Å²) in [6, 6.07) is 2.06. The van der Waals surface area contributed by atoms with Gasteiger partial charge in [0.1, 0.15) is 4.88 Å². The molecule has 0 saturated carbocycles. The maximum absolute atomic E-state index is 12.1. The number of rotatable bonds is 4. The highest BCUT2D eigenvalue weighted by atomic mass is 32.1. The number of hydrogen-bond acceptors (Lipinski definition) is 6. The van der Waals surface area contributed by atoms with Gasteiger partial charge in [-0.2, -0.15) is 0 Å². The SMILES string of the molecule is Cc1ncsc1C(=O)NC[C@H]1CCCN1c1ncccn1. The first-order chi connectivity index (χ1) is 10.3. The van der Waals surface area contributed by atoms with Crippen LogP contribution in [0, 0.1) is 6.92 Å². The molecule has 2 aromatic rings. The van der Waals surface area contributed by atoms with Crippen molar-refractivity contribution < 1.29 is 4.79 Å². The van der Waals surface area contributed by atoms with Crippen molar-refractivity contribution in [3.8, 4) is 0 Å². The third-order valence-electron chi connectivity index (χ3n) is 3.64. The Labute approximate surface area is 127 Å². The van der Waals surface area contributed by atoms with E-state index in [0.29, 0.717) is 11.4 Å². The minimum absolute atomic E-state index is 0.0455. The van der Waals surface area contributed by atoms with Gasteiger partial charge in [-0.15, -0.1) is 11.3 Å². The highest BCUT2D eigenvalue weighted by molar-refractivity contribution is 7.11. The molecular formula is C14H17N5OS. The molecule has 1 fully saturated rings. The fourth-order valence-corrected chi connectivity index (χ4v) is 3.28. The van der Waals surface area contributed by atoms with Crippen molar-refractivity contribution in [2.45, 2.75) is 25.8 Å². The van der Waals surface area contributed by atoms with E-state index in [1.807, 2.05) is 13.0 Å². The number of aromatic nitrogens is 3. The van der Waals surface area contributed by atoms with Gasteiger partial charge >= 0.3 is 0 Å². The number of carbonyl (C=O) groups is 1. The van der Waals surface area contributed by atoms with E-state index in [1.54, 1.807) is 17.9 Å². The molecule has 1 amide bonds. The minimum Gasteiger partial charge on any atom is -0.349 e. The standard InChI is InChI=1S/C14H17N5OS/c1-10-12(21-9-18-10)13(20)17-8-11-4-2-7-19(11)14-15-5-3-6-16-14/h3,5-6,9,11H,2,4,7-8H2,1H3,(H,17,20)/t11-/m1/s1. The molecule has 2 aromatic heterocycles. The number of nitrogens with zero attached hydrogens (tertiary/aromatic N) is 4. The zero-order chi connectivity index (χ0) is 14.7. The van der Waals surface area contributed by atoms with Crippen molar-refractivity contribution in [3.05, 3.63) is 34.5 Å². The number of nitrogens with one attached hydrogen (secondary N) is 1. The molecular weight excluding hydrogens is 286 g/mol. The molecule has 110 valence electrons. The second-order valence-electron chi connectivity index (χ2n) is 5.02. The van der Waals surface area contributed by atoms with Gasteiger partial charge in [0, 0.05) is 31.5 Å². The molecule has 3 rings (SSSR count). The second kappa shape index (κ2) is 6.17. The summed E-state index contributed by atoms with van der Waals surface area (Å²) in [5, 5.41) is 3.00. The lowest BCUT2D eigenvalue weighted by Gasteiger charge is -2.24. The molecule has 0 unspecified atom stereocenters. The Kier molecular flexibility index (Phi) is 4.10.